The summed E-state index contributed by atoms with van der Waals surface area (Å²) >= 11 is 0. The molecule has 0 N–H and O–H groups in total. The molecule has 0 fully saturated rings. The maximum Gasteiger partial charge on any atom is 0.0540 e. The van der Waals surface area contributed by atoms with Gasteiger partial charge in [0.05, 0.1) is 5.69 Å². The minimum atomic E-state index is -0.194. The van der Waals surface area contributed by atoms with Gasteiger partial charge in [0.2, 0.25) is 0 Å². The first-order valence-corrected chi connectivity index (χ1v) is 22.5. The topological polar surface area (TPSA) is 3.24 Å². The molecule has 13 rings (SSSR count). The molecule has 10 aromatic carbocycles. The standard InChI is InChI=1S/C62H45N/c1-61(2)56-27-12-8-22-49(56)52-24-15-25-53(60(52)61)51-23-10-14-29-59(51)63(43-32-30-40(31-33-43)54-38-42-17-3-5-18-45(42)46-19-6-7-20-47(46)54)44-34-35-50-48-21-9-13-28-57(48)62(58(50)39-44)37-36-41-16-4-11-26-55(41)62/h3-35,38-39H,36-37H2,1-2H3. The molecule has 1 unspecified atom stereocenters. The van der Waals surface area contributed by atoms with Gasteiger partial charge in [-0.05, 0) is 143 Å². The summed E-state index contributed by atoms with van der Waals surface area (Å²) in [6.07, 6.45) is 2.14. The summed E-state index contributed by atoms with van der Waals surface area (Å²) in [5.41, 5.74) is 22.0. The molecule has 298 valence electrons. The third-order valence-electron chi connectivity index (χ3n) is 14.9. The molecule has 0 heterocycles. The fraction of sp³-hybridized carbons (Fsp3) is 0.0968. The SMILES string of the molecule is CC1(C)c2ccccc2-c2cccc(-c3ccccc3N(c3ccc(-c4cc5ccccc5c5ccccc45)cc3)c3ccc4c(c3)C3(CCc5ccccc53)c3ccccc3-4)c21. The highest BCUT2D eigenvalue weighted by atomic mass is 15.1. The molecule has 1 spiro atoms. The number of benzene rings is 10. The summed E-state index contributed by atoms with van der Waals surface area (Å²) in [6, 6.07) is 80.0. The molecule has 0 bridgehead atoms. The van der Waals surface area contributed by atoms with E-state index in [2.05, 4.69) is 231 Å². The van der Waals surface area contributed by atoms with Gasteiger partial charge in [0.1, 0.15) is 0 Å². The number of aryl methyl sites for hydroxylation is 1. The Morgan fingerprint density at radius 3 is 1.76 bits per heavy atom. The predicted octanol–water partition coefficient (Wildman–Crippen LogP) is 16.4. The van der Waals surface area contributed by atoms with Gasteiger partial charge >= 0.3 is 0 Å². The van der Waals surface area contributed by atoms with E-state index in [9.17, 15) is 0 Å². The molecule has 3 aliphatic carbocycles. The van der Waals surface area contributed by atoms with Crippen molar-refractivity contribution >= 4 is 38.6 Å². The fourth-order valence-corrected chi connectivity index (χ4v) is 12.1. The number of anilines is 3. The average Bonchev–Trinajstić information content (AvgIpc) is 3.95. The zero-order chi connectivity index (χ0) is 41.9. The Bertz CT molecular complexity index is 3500. The monoisotopic (exact) mass is 803 g/mol. The first-order chi connectivity index (χ1) is 31.0. The highest BCUT2D eigenvalue weighted by molar-refractivity contribution is 6.14. The lowest BCUT2D eigenvalue weighted by Gasteiger charge is -2.32. The summed E-state index contributed by atoms with van der Waals surface area (Å²) in [7, 11) is 0. The van der Waals surface area contributed by atoms with E-state index in [4.69, 9.17) is 0 Å². The first-order valence-electron chi connectivity index (χ1n) is 22.5. The molecular weight excluding hydrogens is 759 g/mol. The van der Waals surface area contributed by atoms with Crippen LogP contribution < -0.4 is 4.90 Å². The van der Waals surface area contributed by atoms with Crippen molar-refractivity contribution in [2.75, 3.05) is 4.90 Å². The molecular formula is C62H45N. The highest BCUT2D eigenvalue weighted by Crippen LogP contribution is 2.60. The molecule has 1 nitrogen and oxygen atoms in total. The quantitative estimate of drug-likeness (QED) is 0.157. The van der Waals surface area contributed by atoms with E-state index in [0.717, 1.165) is 29.9 Å². The second-order valence-electron chi connectivity index (χ2n) is 18.3. The van der Waals surface area contributed by atoms with Gasteiger partial charge in [-0.15, -0.1) is 0 Å². The Kier molecular flexibility index (Phi) is 7.76. The van der Waals surface area contributed by atoms with E-state index >= 15 is 0 Å². The van der Waals surface area contributed by atoms with Crippen molar-refractivity contribution in [3.05, 3.63) is 246 Å². The Hall–Kier alpha value is -7.48. The van der Waals surface area contributed by atoms with Crippen molar-refractivity contribution in [2.45, 2.75) is 37.5 Å². The number of hydrogen-bond donors (Lipinski definition) is 0. The smallest absolute Gasteiger partial charge is 0.0540 e. The lowest BCUT2D eigenvalue weighted by Crippen LogP contribution is -2.24. The van der Waals surface area contributed by atoms with E-state index in [1.165, 1.54) is 99.4 Å². The van der Waals surface area contributed by atoms with Gasteiger partial charge in [0, 0.05) is 27.8 Å². The number of para-hydroxylation sites is 1. The van der Waals surface area contributed by atoms with Crippen molar-refractivity contribution in [2.24, 2.45) is 0 Å². The van der Waals surface area contributed by atoms with Crippen molar-refractivity contribution < 1.29 is 0 Å². The van der Waals surface area contributed by atoms with Crippen LogP contribution in [0, 0.1) is 0 Å². The number of hydrogen-bond acceptors (Lipinski definition) is 1. The first kappa shape index (κ1) is 36.2. The second kappa shape index (κ2) is 13.5. The van der Waals surface area contributed by atoms with Crippen LogP contribution in [0.4, 0.5) is 17.1 Å². The maximum absolute atomic E-state index is 2.54. The lowest BCUT2D eigenvalue weighted by molar-refractivity contribution is 0.626. The zero-order valence-corrected chi connectivity index (χ0v) is 35.6. The van der Waals surface area contributed by atoms with Gasteiger partial charge in [0.15, 0.2) is 0 Å². The van der Waals surface area contributed by atoms with Crippen LogP contribution in [0.3, 0.4) is 0 Å². The van der Waals surface area contributed by atoms with Crippen molar-refractivity contribution in [1.29, 1.82) is 0 Å². The largest absolute Gasteiger partial charge is 0.310 e. The van der Waals surface area contributed by atoms with Crippen LogP contribution >= 0.6 is 0 Å². The van der Waals surface area contributed by atoms with Crippen molar-refractivity contribution in [1.82, 2.24) is 0 Å². The molecule has 0 saturated carbocycles. The minimum absolute atomic E-state index is 0.160. The van der Waals surface area contributed by atoms with Gasteiger partial charge in [-0.1, -0.05) is 190 Å². The Morgan fingerprint density at radius 2 is 0.952 bits per heavy atom. The molecule has 1 atom stereocenters. The van der Waals surface area contributed by atoms with E-state index in [1.807, 2.05) is 0 Å². The number of rotatable bonds is 5. The fourth-order valence-electron chi connectivity index (χ4n) is 12.1. The van der Waals surface area contributed by atoms with Gasteiger partial charge in [-0.2, -0.15) is 0 Å². The lowest BCUT2D eigenvalue weighted by atomic mass is 9.73. The molecule has 3 aliphatic rings. The predicted molar refractivity (Wildman–Crippen MR) is 265 cm³/mol. The van der Waals surface area contributed by atoms with E-state index < -0.39 is 0 Å². The summed E-state index contributed by atoms with van der Waals surface area (Å²) in [6.45, 7) is 4.79. The molecule has 0 radical (unpaired) electrons. The molecule has 1 heteroatoms. The van der Waals surface area contributed by atoms with Crippen molar-refractivity contribution in [3.63, 3.8) is 0 Å². The summed E-state index contributed by atoms with van der Waals surface area (Å²) in [4.78, 5) is 2.53. The van der Waals surface area contributed by atoms with Gasteiger partial charge in [-0.25, -0.2) is 0 Å². The van der Waals surface area contributed by atoms with Gasteiger partial charge < -0.3 is 4.90 Å². The third kappa shape index (κ3) is 5.11. The van der Waals surface area contributed by atoms with E-state index in [1.54, 1.807) is 0 Å². The van der Waals surface area contributed by atoms with Crippen molar-refractivity contribution in [3.8, 4) is 44.5 Å². The van der Waals surface area contributed by atoms with Crippen LogP contribution in [0.15, 0.2) is 212 Å². The Labute approximate surface area is 369 Å². The summed E-state index contributed by atoms with van der Waals surface area (Å²) < 4.78 is 0. The van der Waals surface area contributed by atoms with Crippen LogP contribution in [0.5, 0.6) is 0 Å². The maximum atomic E-state index is 2.54. The Morgan fingerprint density at radius 1 is 0.381 bits per heavy atom. The molecule has 0 aliphatic heterocycles. The van der Waals surface area contributed by atoms with Gasteiger partial charge in [-0.3, -0.25) is 0 Å². The molecule has 10 aromatic rings. The van der Waals surface area contributed by atoms with Crippen LogP contribution in [0.25, 0.3) is 66.1 Å². The number of fused-ring (bicyclic) bond motifs is 13. The van der Waals surface area contributed by atoms with E-state index in [-0.39, 0.29) is 10.8 Å². The average molecular weight is 804 g/mol. The van der Waals surface area contributed by atoms with Gasteiger partial charge in [0.25, 0.3) is 0 Å². The Balaban J connectivity index is 1.03. The molecule has 0 aromatic heterocycles. The third-order valence-corrected chi connectivity index (χ3v) is 14.9. The minimum Gasteiger partial charge on any atom is -0.310 e. The normalized spacial score (nSPS) is 16.2. The second-order valence-corrected chi connectivity index (χ2v) is 18.3. The molecule has 0 amide bonds. The highest BCUT2D eigenvalue weighted by Gasteiger charge is 2.48. The van der Waals surface area contributed by atoms with Crippen LogP contribution in [-0.2, 0) is 17.3 Å². The van der Waals surface area contributed by atoms with Crippen LogP contribution in [0.1, 0.15) is 53.6 Å². The number of nitrogens with zero attached hydrogens (tertiary/aromatic N) is 1. The molecule has 63 heavy (non-hydrogen) atoms. The summed E-state index contributed by atoms with van der Waals surface area (Å²) in [5.74, 6) is 0. The van der Waals surface area contributed by atoms with Crippen LogP contribution in [0.2, 0.25) is 0 Å². The molecule has 0 saturated heterocycles. The zero-order valence-electron chi connectivity index (χ0n) is 35.6. The van der Waals surface area contributed by atoms with Crippen LogP contribution in [-0.4, -0.2) is 0 Å². The summed E-state index contributed by atoms with van der Waals surface area (Å²) in [5, 5.41) is 5.10. The van der Waals surface area contributed by atoms with E-state index in [0.29, 0.717) is 0 Å².